The summed E-state index contributed by atoms with van der Waals surface area (Å²) < 4.78 is 5.07. The minimum atomic E-state index is -0.540. The number of carbonyl (C=O) groups excluding carboxylic acids is 1. The Bertz CT molecular complexity index is 624. The predicted molar refractivity (Wildman–Crippen MR) is 79.4 cm³/mol. The minimum Gasteiger partial charge on any atom is -0.464 e. The lowest BCUT2D eigenvalue weighted by Crippen LogP contribution is -2.46. The number of hydrogen-bond donors (Lipinski definition) is 0. The number of esters is 1. The molecule has 1 heterocycles. The van der Waals surface area contributed by atoms with Crippen molar-refractivity contribution in [2.75, 3.05) is 18.1 Å². The van der Waals surface area contributed by atoms with Crippen LogP contribution in [0.5, 0.6) is 0 Å². The summed E-state index contributed by atoms with van der Waals surface area (Å²) in [6.45, 7) is 2.52. The molecule has 1 aromatic carbocycles. The van der Waals surface area contributed by atoms with Gasteiger partial charge in [-0.05, 0) is 38.3 Å². The molecule has 7 heteroatoms. The first-order valence-electron chi connectivity index (χ1n) is 7.20. The highest BCUT2D eigenvalue weighted by Crippen LogP contribution is 2.34. The van der Waals surface area contributed by atoms with Gasteiger partial charge in [-0.25, -0.2) is 4.79 Å². The molecule has 22 heavy (non-hydrogen) atoms. The number of anilines is 1. The second-order valence-electron chi connectivity index (χ2n) is 5.03. The number of nitriles is 1. The van der Waals surface area contributed by atoms with Crippen LogP contribution in [-0.4, -0.2) is 30.1 Å². The van der Waals surface area contributed by atoms with Gasteiger partial charge in [-0.2, -0.15) is 5.26 Å². The van der Waals surface area contributed by atoms with Crippen LogP contribution in [0.2, 0.25) is 0 Å². The van der Waals surface area contributed by atoms with E-state index in [1.807, 2.05) is 6.07 Å². The fourth-order valence-corrected chi connectivity index (χ4v) is 2.68. The smallest absolute Gasteiger partial charge is 0.328 e. The first-order chi connectivity index (χ1) is 10.6. The fraction of sp³-hybridized carbons (Fsp3) is 0.467. The van der Waals surface area contributed by atoms with Crippen LogP contribution in [0.15, 0.2) is 18.2 Å². The number of benzene rings is 1. The van der Waals surface area contributed by atoms with Crippen LogP contribution >= 0.6 is 0 Å². The van der Waals surface area contributed by atoms with Crippen molar-refractivity contribution in [3.05, 3.63) is 33.9 Å². The summed E-state index contributed by atoms with van der Waals surface area (Å²) in [7, 11) is 0. The van der Waals surface area contributed by atoms with Crippen LogP contribution in [0.1, 0.15) is 31.7 Å². The van der Waals surface area contributed by atoms with Gasteiger partial charge in [-0.15, -0.1) is 0 Å². The summed E-state index contributed by atoms with van der Waals surface area (Å²) in [4.78, 5) is 24.6. The lowest BCUT2D eigenvalue weighted by Gasteiger charge is -2.35. The van der Waals surface area contributed by atoms with E-state index in [1.165, 1.54) is 18.2 Å². The second kappa shape index (κ2) is 6.89. The Morgan fingerprint density at radius 1 is 1.55 bits per heavy atom. The van der Waals surface area contributed by atoms with Crippen molar-refractivity contribution < 1.29 is 14.5 Å². The standard InChI is InChI=1S/C15H17N3O4/c1-2-22-15(19)13-5-3-4-8-17(13)14-9-11(10-16)6-7-12(14)18(20)21/h6-7,9,13H,2-5,8H2,1H3. The summed E-state index contributed by atoms with van der Waals surface area (Å²) >= 11 is 0. The van der Waals surface area contributed by atoms with Gasteiger partial charge in [0.05, 0.1) is 23.2 Å². The Morgan fingerprint density at radius 3 is 2.95 bits per heavy atom. The molecule has 0 aromatic heterocycles. The molecule has 0 N–H and O–H groups in total. The van der Waals surface area contributed by atoms with Gasteiger partial charge in [-0.3, -0.25) is 10.1 Å². The molecule has 0 amide bonds. The molecular weight excluding hydrogens is 286 g/mol. The van der Waals surface area contributed by atoms with Crippen molar-refractivity contribution in [1.29, 1.82) is 5.26 Å². The minimum absolute atomic E-state index is 0.102. The van der Waals surface area contributed by atoms with Crippen LogP contribution in [0, 0.1) is 21.4 Å². The lowest BCUT2D eigenvalue weighted by molar-refractivity contribution is -0.384. The maximum atomic E-state index is 12.1. The van der Waals surface area contributed by atoms with Crippen molar-refractivity contribution in [2.45, 2.75) is 32.2 Å². The number of nitrogens with zero attached hydrogens (tertiary/aromatic N) is 3. The van der Waals surface area contributed by atoms with Gasteiger partial charge in [-0.1, -0.05) is 0 Å². The molecule has 116 valence electrons. The number of ether oxygens (including phenoxy) is 1. The number of piperidine rings is 1. The number of nitro groups is 1. The van der Waals surface area contributed by atoms with E-state index in [-0.39, 0.29) is 18.3 Å². The predicted octanol–water partition coefficient (Wildman–Crippen LogP) is 2.39. The highest BCUT2D eigenvalue weighted by molar-refractivity contribution is 5.82. The first kappa shape index (κ1) is 15.8. The molecule has 1 atom stereocenters. The van der Waals surface area contributed by atoms with E-state index in [9.17, 15) is 14.9 Å². The molecule has 2 rings (SSSR count). The molecule has 0 radical (unpaired) electrons. The molecule has 1 fully saturated rings. The third-order valence-electron chi connectivity index (χ3n) is 3.67. The SMILES string of the molecule is CCOC(=O)C1CCCCN1c1cc(C#N)ccc1[N+](=O)[O-]. The Balaban J connectivity index is 2.44. The lowest BCUT2D eigenvalue weighted by atomic mass is 10.00. The molecule has 0 spiro atoms. The molecule has 0 bridgehead atoms. The Morgan fingerprint density at radius 2 is 2.32 bits per heavy atom. The summed E-state index contributed by atoms with van der Waals surface area (Å²) in [6, 6.07) is 5.62. The van der Waals surface area contributed by atoms with E-state index < -0.39 is 11.0 Å². The van der Waals surface area contributed by atoms with Crippen molar-refractivity contribution >= 4 is 17.3 Å². The van der Waals surface area contributed by atoms with Crippen molar-refractivity contribution in [3.63, 3.8) is 0 Å². The molecule has 0 saturated carbocycles. The highest BCUT2D eigenvalue weighted by atomic mass is 16.6. The third-order valence-corrected chi connectivity index (χ3v) is 3.67. The Labute approximate surface area is 128 Å². The number of hydrogen-bond acceptors (Lipinski definition) is 6. The zero-order chi connectivity index (χ0) is 16.1. The molecule has 1 aliphatic rings. The van der Waals surface area contributed by atoms with Crippen LogP contribution in [0.4, 0.5) is 11.4 Å². The summed E-state index contributed by atoms with van der Waals surface area (Å²) in [5.41, 5.74) is 0.533. The average Bonchev–Trinajstić information content (AvgIpc) is 2.54. The van der Waals surface area contributed by atoms with Gasteiger partial charge < -0.3 is 9.64 Å². The summed E-state index contributed by atoms with van der Waals surface area (Å²) in [5.74, 6) is -0.376. The van der Waals surface area contributed by atoms with E-state index in [4.69, 9.17) is 10.00 Å². The van der Waals surface area contributed by atoms with Gasteiger partial charge in [0.25, 0.3) is 5.69 Å². The number of nitro benzene ring substituents is 1. The van der Waals surface area contributed by atoms with Crippen LogP contribution in [0.3, 0.4) is 0 Å². The van der Waals surface area contributed by atoms with Crippen LogP contribution in [-0.2, 0) is 9.53 Å². The zero-order valence-electron chi connectivity index (χ0n) is 12.3. The Hall–Kier alpha value is -2.62. The summed E-state index contributed by atoms with van der Waals surface area (Å²) in [6.07, 6.45) is 2.29. The largest absolute Gasteiger partial charge is 0.464 e. The topological polar surface area (TPSA) is 96.5 Å². The molecule has 1 aromatic rings. The fourth-order valence-electron chi connectivity index (χ4n) is 2.68. The Kier molecular flexibility index (Phi) is 4.94. The first-order valence-corrected chi connectivity index (χ1v) is 7.20. The van der Waals surface area contributed by atoms with Crippen molar-refractivity contribution in [3.8, 4) is 6.07 Å². The van der Waals surface area contributed by atoms with E-state index in [0.29, 0.717) is 24.2 Å². The van der Waals surface area contributed by atoms with Gasteiger partial charge in [0.1, 0.15) is 11.7 Å². The molecule has 7 nitrogen and oxygen atoms in total. The number of carbonyl (C=O) groups is 1. The van der Waals surface area contributed by atoms with Crippen LogP contribution in [0.25, 0.3) is 0 Å². The second-order valence-corrected chi connectivity index (χ2v) is 5.03. The summed E-state index contributed by atoms with van der Waals surface area (Å²) in [5, 5.41) is 20.3. The van der Waals surface area contributed by atoms with Gasteiger partial charge in [0.2, 0.25) is 0 Å². The number of rotatable bonds is 4. The average molecular weight is 303 g/mol. The van der Waals surface area contributed by atoms with E-state index in [0.717, 1.165) is 12.8 Å². The zero-order valence-corrected chi connectivity index (χ0v) is 12.3. The maximum absolute atomic E-state index is 12.1. The van der Waals surface area contributed by atoms with Gasteiger partial charge >= 0.3 is 5.97 Å². The maximum Gasteiger partial charge on any atom is 0.328 e. The van der Waals surface area contributed by atoms with E-state index in [1.54, 1.807) is 11.8 Å². The van der Waals surface area contributed by atoms with Gasteiger partial charge in [0.15, 0.2) is 0 Å². The van der Waals surface area contributed by atoms with Crippen molar-refractivity contribution in [2.24, 2.45) is 0 Å². The van der Waals surface area contributed by atoms with Crippen molar-refractivity contribution in [1.82, 2.24) is 0 Å². The molecule has 1 saturated heterocycles. The third kappa shape index (κ3) is 3.17. The normalized spacial score (nSPS) is 17.6. The molecule has 1 unspecified atom stereocenters. The van der Waals surface area contributed by atoms with Gasteiger partial charge in [0, 0.05) is 12.6 Å². The highest BCUT2D eigenvalue weighted by Gasteiger charge is 2.33. The van der Waals surface area contributed by atoms with E-state index in [2.05, 4.69) is 0 Å². The quantitative estimate of drug-likeness (QED) is 0.481. The van der Waals surface area contributed by atoms with E-state index >= 15 is 0 Å². The van der Waals surface area contributed by atoms with Crippen LogP contribution < -0.4 is 4.90 Å². The molecular formula is C15H17N3O4. The molecule has 0 aliphatic carbocycles. The molecule has 1 aliphatic heterocycles. The monoisotopic (exact) mass is 303 g/mol.